The molecule has 0 radical (unpaired) electrons. The third kappa shape index (κ3) is 3.19. The molecule has 2 amide bonds. The molecule has 3 aromatic rings. The molecular formula is C24H22N2O3. The summed E-state index contributed by atoms with van der Waals surface area (Å²) in [6, 6.07) is 20.8. The fourth-order valence-electron chi connectivity index (χ4n) is 3.74. The Morgan fingerprint density at radius 3 is 2.31 bits per heavy atom. The van der Waals surface area contributed by atoms with Gasteiger partial charge < -0.3 is 10.0 Å². The van der Waals surface area contributed by atoms with Crippen molar-refractivity contribution in [3.63, 3.8) is 0 Å². The van der Waals surface area contributed by atoms with Gasteiger partial charge in [-0.2, -0.15) is 0 Å². The highest BCUT2D eigenvalue weighted by molar-refractivity contribution is 6.46. The van der Waals surface area contributed by atoms with E-state index >= 15 is 0 Å². The molecule has 1 N–H and O–H groups in total. The van der Waals surface area contributed by atoms with Crippen molar-refractivity contribution in [2.45, 2.75) is 6.92 Å². The van der Waals surface area contributed by atoms with Gasteiger partial charge in [0.15, 0.2) is 0 Å². The molecule has 4 rings (SSSR count). The zero-order valence-corrected chi connectivity index (χ0v) is 16.4. The lowest BCUT2D eigenvalue weighted by atomic mass is 10.0. The number of amides is 2. The average molecular weight is 386 g/mol. The quantitative estimate of drug-likeness (QED) is 0.683. The third-order valence-corrected chi connectivity index (χ3v) is 5.22. The number of fused-ring (bicyclic) bond motifs is 1. The molecule has 0 spiro atoms. The van der Waals surface area contributed by atoms with Crippen LogP contribution in [0.3, 0.4) is 0 Å². The minimum absolute atomic E-state index is 0.114. The lowest BCUT2D eigenvalue weighted by Gasteiger charge is -2.21. The smallest absolute Gasteiger partial charge is 0.282 e. The SMILES string of the molecule is Cc1ccc(C2=C(N(C)CCO)C(=O)N(c3cccc4ccccc34)C2=O)cc1. The Bertz CT molecular complexity index is 1130. The second kappa shape index (κ2) is 7.53. The molecule has 0 unspecified atom stereocenters. The maximum absolute atomic E-state index is 13.5. The van der Waals surface area contributed by atoms with E-state index in [0.717, 1.165) is 16.3 Å². The predicted octanol–water partition coefficient (Wildman–Crippen LogP) is 3.36. The first-order valence-corrected chi connectivity index (χ1v) is 9.53. The van der Waals surface area contributed by atoms with Gasteiger partial charge in [0.25, 0.3) is 11.8 Å². The first kappa shape index (κ1) is 18.9. The summed E-state index contributed by atoms with van der Waals surface area (Å²) in [5.41, 5.74) is 2.99. The highest BCUT2D eigenvalue weighted by Crippen LogP contribution is 2.37. The molecule has 1 aliphatic heterocycles. The number of aliphatic hydroxyl groups excluding tert-OH is 1. The summed E-state index contributed by atoms with van der Waals surface area (Å²) in [6.07, 6.45) is 0. The van der Waals surface area contributed by atoms with Gasteiger partial charge in [-0.1, -0.05) is 66.2 Å². The number of likely N-dealkylation sites (N-methyl/N-ethyl adjacent to an activating group) is 1. The number of nitrogens with zero attached hydrogens (tertiary/aromatic N) is 2. The Hall–Kier alpha value is -3.44. The molecule has 0 aliphatic carbocycles. The van der Waals surface area contributed by atoms with Crippen LogP contribution in [-0.4, -0.2) is 42.0 Å². The number of anilines is 1. The molecule has 1 aliphatic rings. The first-order valence-electron chi connectivity index (χ1n) is 9.53. The number of carbonyl (C=O) groups excluding carboxylic acids is 2. The molecule has 5 nitrogen and oxygen atoms in total. The van der Waals surface area contributed by atoms with Gasteiger partial charge in [0.1, 0.15) is 5.70 Å². The molecule has 5 heteroatoms. The zero-order chi connectivity index (χ0) is 20.5. The molecule has 0 saturated heterocycles. The number of aryl methyl sites for hydroxylation is 1. The summed E-state index contributed by atoms with van der Waals surface area (Å²) in [5.74, 6) is -0.729. The fourth-order valence-corrected chi connectivity index (χ4v) is 3.74. The van der Waals surface area contributed by atoms with Crippen LogP contribution in [0.5, 0.6) is 0 Å². The first-order chi connectivity index (χ1) is 14.0. The number of hydrogen-bond acceptors (Lipinski definition) is 4. The van der Waals surface area contributed by atoms with Gasteiger partial charge in [-0.05, 0) is 23.9 Å². The summed E-state index contributed by atoms with van der Waals surface area (Å²) in [4.78, 5) is 29.9. The number of imide groups is 1. The summed E-state index contributed by atoms with van der Waals surface area (Å²) >= 11 is 0. The highest BCUT2D eigenvalue weighted by Gasteiger charge is 2.42. The van der Waals surface area contributed by atoms with E-state index in [-0.39, 0.29) is 25.0 Å². The number of hydrogen-bond donors (Lipinski definition) is 1. The van der Waals surface area contributed by atoms with E-state index < -0.39 is 0 Å². The molecule has 1 heterocycles. The van der Waals surface area contributed by atoms with E-state index in [0.29, 0.717) is 22.5 Å². The maximum atomic E-state index is 13.5. The van der Waals surface area contributed by atoms with Gasteiger partial charge >= 0.3 is 0 Å². The highest BCUT2D eigenvalue weighted by atomic mass is 16.3. The third-order valence-electron chi connectivity index (χ3n) is 5.22. The van der Waals surface area contributed by atoms with Gasteiger partial charge in [-0.25, -0.2) is 4.90 Å². The Kier molecular flexibility index (Phi) is 4.91. The largest absolute Gasteiger partial charge is 0.395 e. The van der Waals surface area contributed by atoms with Gasteiger partial charge in [0.2, 0.25) is 0 Å². The lowest BCUT2D eigenvalue weighted by Crippen LogP contribution is -2.35. The van der Waals surface area contributed by atoms with Gasteiger partial charge in [-0.15, -0.1) is 0 Å². The fraction of sp³-hybridized carbons (Fsp3) is 0.167. The van der Waals surface area contributed by atoms with Crippen LogP contribution in [0.25, 0.3) is 16.3 Å². The van der Waals surface area contributed by atoms with Crippen molar-refractivity contribution >= 4 is 33.8 Å². The van der Waals surface area contributed by atoms with Crippen LogP contribution >= 0.6 is 0 Å². The number of benzene rings is 3. The minimum atomic E-state index is -0.377. The topological polar surface area (TPSA) is 60.9 Å². The van der Waals surface area contributed by atoms with E-state index in [2.05, 4.69) is 0 Å². The minimum Gasteiger partial charge on any atom is -0.395 e. The summed E-state index contributed by atoms with van der Waals surface area (Å²) < 4.78 is 0. The van der Waals surface area contributed by atoms with E-state index in [9.17, 15) is 14.7 Å². The van der Waals surface area contributed by atoms with Crippen LogP contribution < -0.4 is 4.90 Å². The normalized spacial score (nSPS) is 14.2. The molecule has 0 bridgehead atoms. The van der Waals surface area contributed by atoms with Gasteiger partial charge in [0.05, 0.1) is 17.9 Å². The summed E-state index contributed by atoms with van der Waals surface area (Å²) in [7, 11) is 1.72. The number of carbonyl (C=O) groups is 2. The maximum Gasteiger partial charge on any atom is 0.282 e. The lowest BCUT2D eigenvalue weighted by molar-refractivity contribution is -0.120. The molecule has 3 aromatic carbocycles. The van der Waals surface area contributed by atoms with Crippen LogP contribution in [0.15, 0.2) is 72.4 Å². The van der Waals surface area contributed by atoms with E-state index in [1.165, 1.54) is 4.90 Å². The molecule has 0 fully saturated rings. The second-order valence-corrected chi connectivity index (χ2v) is 7.18. The van der Waals surface area contributed by atoms with Gasteiger partial charge in [0, 0.05) is 19.0 Å². The van der Waals surface area contributed by atoms with Crippen molar-refractivity contribution in [3.05, 3.63) is 83.6 Å². The Balaban J connectivity index is 1.89. The van der Waals surface area contributed by atoms with Crippen molar-refractivity contribution in [2.75, 3.05) is 25.1 Å². The average Bonchev–Trinajstić information content (AvgIpc) is 2.98. The monoisotopic (exact) mass is 386 g/mol. The van der Waals surface area contributed by atoms with Crippen molar-refractivity contribution in [1.29, 1.82) is 0 Å². The predicted molar refractivity (Wildman–Crippen MR) is 114 cm³/mol. The molecule has 0 aromatic heterocycles. The van der Waals surface area contributed by atoms with Crippen molar-refractivity contribution in [1.82, 2.24) is 4.90 Å². The van der Waals surface area contributed by atoms with Crippen LogP contribution in [0, 0.1) is 6.92 Å². The Morgan fingerprint density at radius 2 is 1.59 bits per heavy atom. The van der Waals surface area contributed by atoms with E-state index in [1.54, 1.807) is 18.0 Å². The van der Waals surface area contributed by atoms with Gasteiger partial charge in [-0.3, -0.25) is 9.59 Å². The number of rotatable bonds is 5. The molecule has 146 valence electrons. The van der Waals surface area contributed by atoms with Crippen molar-refractivity contribution in [2.24, 2.45) is 0 Å². The Labute approximate surface area is 169 Å². The molecule has 29 heavy (non-hydrogen) atoms. The van der Waals surface area contributed by atoms with Crippen LogP contribution in [0.1, 0.15) is 11.1 Å². The summed E-state index contributed by atoms with van der Waals surface area (Å²) in [5, 5.41) is 11.2. The summed E-state index contributed by atoms with van der Waals surface area (Å²) in [6.45, 7) is 2.12. The van der Waals surface area contributed by atoms with E-state index in [4.69, 9.17) is 0 Å². The van der Waals surface area contributed by atoms with Crippen LogP contribution in [0.4, 0.5) is 5.69 Å². The second-order valence-electron chi connectivity index (χ2n) is 7.18. The standard InChI is InChI=1S/C24H22N2O3/c1-16-10-12-18(13-11-16)21-22(25(2)14-15-27)24(29)26(23(21)28)20-9-5-7-17-6-3-4-8-19(17)20/h3-13,27H,14-15H2,1-2H3. The molecular weight excluding hydrogens is 364 g/mol. The Morgan fingerprint density at radius 1 is 0.897 bits per heavy atom. The van der Waals surface area contributed by atoms with Crippen LogP contribution in [-0.2, 0) is 9.59 Å². The van der Waals surface area contributed by atoms with Crippen LogP contribution in [0.2, 0.25) is 0 Å². The van der Waals surface area contributed by atoms with Crippen molar-refractivity contribution in [3.8, 4) is 0 Å². The molecule has 0 saturated carbocycles. The zero-order valence-electron chi connectivity index (χ0n) is 16.4. The van der Waals surface area contributed by atoms with Crippen molar-refractivity contribution < 1.29 is 14.7 Å². The molecule has 0 atom stereocenters. The number of aliphatic hydroxyl groups is 1. The van der Waals surface area contributed by atoms with E-state index in [1.807, 2.05) is 67.6 Å².